The molecule has 5 aromatic rings. The molecular weight excluding hydrogens is 582 g/mol. The molecule has 0 fully saturated rings. The van der Waals surface area contributed by atoms with E-state index in [2.05, 4.69) is 103 Å². The quantitative estimate of drug-likeness (QED) is 0.123. The summed E-state index contributed by atoms with van der Waals surface area (Å²) in [6, 6.07) is 44.7. The van der Waals surface area contributed by atoms with Gasteiger partial charge in [-0.05, 0) is 70.3 Å². The first-order valence-electron chi connectivity index (χ1n) is 14.8. The van der Waals surface area contributed by atoms with Crippen molar-refractivity contribution in [1.82, 2.24) is 0 Å². The summed E-state index contributed by atoms with van der Waals surface area (Å²) in [4.78, 5) is 0. The predicted molar refractivity (Wildman–Crippen MR) is 188 cm³/mol. The maximum atomic E-state index is 5.95. The number of ether oxygens (including phenoxy) is 4. The third-order valence-electron chi connectivity index (χ3n) is 7.75. The Labute approximate surface area is 264 Å². The largest absolute Gasteiger partial charge is 0.496 e. The second-order valence-corrected chi connectivity index (χ2v) is 14.8. The van der Waals surface area contributed by atoms with Crippen LogP contribution in [0.1, 0.15) is 5.56 Å². The molecule has 0 radical (unpaired) electrons. The van der Waals surface area contributed by atoms with Crippen LogP contribution in [0.4, 0.5) is 0 Å². The molecule has 0 unspecified atom stereocenters. The van der Waals surface area contributed by atoms with Crippen LogP contribution in [0.15, 0.2) is 127 Å². The molecule has 0 aliphatic heterocycles. The molecule has 226 valence electrons. The average molecular weight is 623 g/mol. The summed E-state index contributed by atoms with van der Waals surface area (Å²) in [7, 11) is 5.38. The number of benzene rings is 5. The third-order valence-corrected chi connectivity index (χ3v) is 13.3. The molecule has 0 aliphatic carbocycles. The van der Waals surface area contributed by atoms with E-state index in [1.54, 1.807) is 28.4 Å². The molecule has 6 heteroatoms. The molecule has 0 saturated heterocycles. The fourth-order valence-corrected chi connectivity index (χ4v) is 11.6. The third kappa shape index (κ3) is 7.44. The molecule has 4 nitrogen and oxygen atoms in total. The first kappa shape index (κ1) is 31.6. The molecule has 0 aliphatic rings. The van der Waals surface area contributed by atoms with Gasteiger partial charge >= 0.3 is 0 Å². The van der Waals surface area contributed by atoms with E-state index in [0.29, 0.717) is 5.92 Å². The highest BCUT2D eigenvalue weighted by Crippen LogP contribution is 2.47. The van der Waals surface area contributed by atoms with Crippen molar-refractivity contribution in [2.45, 2.75) is 6.42 Å². The Balaban J connectivity index is 1.65. The summed E-state index contributed by atoms with van der Waals surface area (Å²) < 4.78 is 23.8. The van der Waals surface area contributed by atoms with E-state index in [4.69, 9.17) is 18.9 Å². The standard InChI is InChI=1S/C38H40O4P2/c1-39-31-18-8-12-22-35(31)43(36-23-13-9-19-32(36)40-2)27-30(26-29-16-6-5-7-17-29)28-44(37-24-14-10-20-33(37)41-3)38-25-15-11-21-34(38)42-4/h5-25,30H,26-28H2,1-4H3. The van der Waals surface area contributed by atoms with Gasteiger partial charge in [0.15, 0.2) is 0 Å². The topological polar surface area (TPSA) is 36.9 Å². The molecule has 44 heavy (non-hydrogen) atoms. The molecule has 0 atom stereocenters. The lowest BCUT2D eigenvalue weighted by atomic mass is 10.0. The molecule has 5 rings (SSSR count). The predicted octanol–water partition coefficient (Wildman–Crippen LogP) is 7.15. The van der Waals surface area contributed by atoms with Gasteiger partial charge in [0.05, 0.1) is 28.4 Å². The van der Waals surface area contributed by atoms with Crippen LogP contribution in [0.2, 0.25) is 0 Å². The van der Waals surface area contributed by atoms with Crippen LogP contribution in [0, 0.1) is 5.92 Å². The number of rotatable bonds is 14. The second kappa shape index (κ2) is 15.8. The van der Waals surface area contributed by atoms with Crippen molar-refractivity contribution in [3.05, 3.63) is 133 Å². The molecule has 0 bridgehead atoms. The van der Waals surface area contributed by atoms with Gasteiger partial charge in [-0.3, -0.25) is 0 Å². The minimum Gasteiger partial charge on any atom is -0.496 e. The van der Waals surface area contributed by atoms with Crippen molar-refractivity contribution < 1.29 is 18.9 Å². The van der Waals surface area contributed by atoms with E-state index in [9.17, 15) is 0 Å². The molecule has 0 spiro atoms. The van der Waals surface area contributed by atoms with Crippen LogP contribution in [0.25, 0.3) is 0 Å². The van der Waals surface area contributed by atoms with Crippen molar-refractivity contribution in [1.29, 1.82) is 0 Å². The van der Waals surface area contributed by atoms with Crippen LogP contribution >= 0.6 is 15.8 Å². The van der Waals surface area contributed by atoms with Crippen LogP contribution in [0.3, 0.4) is 0 Å². The smallest absolute Gasteiger partial charge is 0.126 e. The Morgan fingerprint density at radius 3 is 1.02 bits per heavy atom. The molecule has 0 heterocycles. The minimum atomic E-state index is -0.833. The Morgan fingerprint density at radius 1 is 0.409 bits per heavy atom. The van der Waals surface area contributed by atoms with Gasteiger partial charge < -0.3 is 18.9 Å². The van der Waals surface area contributed by atoms with Gasteiger partial charge in [0, 0.05) is 21.2 Å². The van der Waals surface area contributed by atoms with Gasteiger partial charge in [-0.2, -0.15) is 0 Å². The van der Waals surface area contributed by atoms with Gasteiger partial charge in [-0.15, -0.1) is 0 Å². The summed E-state index contributed by atoms with van der Waals surface area (Å²) in [6.45, 7) is 0. The zero-order chi connectivity index (χ0) is 30.7. The molecule has 0 aromatic heterocycles. The zero-order valence-electron chi connectivity index (χ0n) is 25.9. The SMILES string of the molecule is COc1ccccc1P(CC(Cc1ccccc1)CP(c1ccccc1OC)c1ccccc1OC)c1ccccc1OC. The maximum Gasteiger partial charge on any atom is 0.126 e. The van der Waals surface area contributed by atoms with Gasteiger partial charge in [0.2, 0.25) is 0 Å². The summed E-state index contributed by atoms with van der Waals surface area (Å²) in [5.41, 5.74) is 1.34. The van der Waals surface area contributed by atoms with Crippen LogP contribution < -0.4 is 40.2 Å². The van der Waals surface area contributed by atoms with Crippen molar-refractivity contribution in [2.75, 3.05) is 40.8 Å². The van der Waals surface area contributed by atoms with Crippen LogP contribution in [0.5, 0.6) is 23.0 Å². The minimum absolute atomic E-state index is 0.333. The average Bonchev–Trinajstić information content (AvgIpc) is 3.09. The normalized spacial score (nSPS) is 11.2. The van der Waals surface area contributed by atoms with Gasteiger partial charge in [0.1, 0.15) is 23.0 Å². The number of hydrogen-bond donors (Lipinski definition) is 0. The first-order valence-corrected chi connectivity index (χ1v) is 17.8. The lowest BCUT2D eigenvalue weighted by Gasteiger charge is -2.31. The highest BCUT2D eigenvalue weighted by Gasteiger charge is 2.30. The summed E-state index contributed by atoms with van der Waals surface area (Å²) in [5, 5.41) is 4.91. The number of hydrogen-bond acceptors (Lipinski definition) is 4. The zero-order valence-corrected chi connectivity index (χ0v) is 27.6. The summed E-state index contributed by atoms with van der Waals surface area (Å²) >= 11 is 0. The van der Waals surface area contributed by atoms with Crippen LogP contribution in [-0.2, 0) is 6.42 Å². The Bertz CT molecular complexity index is 1430. The lowest BCUT2D eigenvalue weighted by molar-refractivity contribution is 0.417. The van der Waals surface area contributed by atoms with E-state index in [-0.39, 0.29) is 0 Å². The Hall–Kier alpha value is -3.84. The first-order chi connectivity index (χ1) is 21.7. The Morgan fingerprint density at radius 2 is 0.705 bits per heavy atom. The van der Waals surface area contributed by atoms with Gasteiger partial charge in [0.25, 0.3) is 0 Å². The molecular formula is C38H40O4P2. The molecule has 0 N–H and O–H groups in total. The highest BCUT2D eigenvalue weighted by atomic mass is 31.1. The van der Waals surface area contributed by atoms with Crippen LogP contribution in [-0.4, -0.2) is 40.8 Å². The van der Waals surface area contributed by atoms with E-state index in [1.165, 1.54) is 26.8 Å². The van der Waals surface area contributed by atoms with Crippen molar-refractivity contribution in [3.63, 3.8) is 0 Å². The van der Waals surface area contributed by atoms with Gasteiger partial charge in [-0.1, -0.05) is 103 Å². The van der Waals surface area contributed by atoms with E-state index in [0.717, 1.165) is 41.7 Å². The highest BCUT2D eigenvalue weighted by molar-refractivity contribution is 7.74. The van der Waals surface area contributed by atoms with E-state index in [1.807, 2.05) is 24.3 Å². The molecule has 0 amide bonds. The number of methoxy groups -OCH3 is 4. The second-order valence-electron chi connectivity index (χ2n) is 10.5. The summed E-state index contributed by atoms with van der Waals surface area (Å²) in [6.07, 6.45) is 2.88. The summed E-state index contributed by atoms with van der Waals surface area (Å²) in [5.74, 6) is 4.00. The fraction of sp³-hybridized carbons (Fsp3) is 0.211. The lowest BCUT2D eigenvalue weighted by Crippen LogP contribution is -2.27. The monoisotopic (exact) mass is 622 g/mol. The maximum absolute atomic E-state index is 5.95. The molecule has 0 saturated carbocycles. The van der Waals surface area contributed by atoms with E-state index >= 15 is 0 Å². The van der Waals surface area contributed by atoms with Crippen molar-refractivity contribution in [2.24, 2.45) is 5.92 Å². The van der Waals surface area contributed by atoms with Gasteiger partial charge in [-0.25, -0.2) is 0 Å². The van der Waals surface area contributed by atoms with E-state index < -0.39 is 15.8 Å². The molecule has 5 aromatic carbocycles. The van der Waals surface area contributed by atoms with Crippen molar-refractivity contribution in [3.8, 4) is 23.0 Å². The van der Waals surface area contributed by atoms with Crippen molar-refractivity contribution >= 4 is 37.1 Å². The fourth-order valence-electron chi connectivity index (χ4n) is 5.71. The Kier molecular flexibility index (Phi) is 11.3. The number of para-hydroxylation sites is 4.